The zero-order chi connectivity index (χ0) is 20.9. The largest absolute Gasteiger partial charge is 0.325 e. The molecule has 0 saturated carbocycles. The van der Waals surface area contributed by atoms with Crippen molar-refractivity contribution in [3.05, 3.63) is 95.6 Å². The van der Waals surface area contributed by atoms with Crippen molar-refractivity contribution in [2.24, 2.45) is 4.99 Å². The van der Waals surface area contributed by atoms with Crippen molar-refractivity contribution < 1.29 is 9.59 Å². The van der Waals surface area contributed by atoms with E-state index >= 15 is 0 Å². The number of ketones is 1. The number of nitrogens with zero attached hydrogens (tertiary/aromatic N) is 1. The minimum absolute atomic E-state index is 0.0355. The van der Waals surface area contributed by atoms with Gasteiger partial charge in [0, 0.05) is 17.0 Å². The lowest BCUT2D eigenvalue weighted by atomic mass is 10.1. The predicted molar refractivity (Wildman–Crippen MR) is 127 cm³/mol. The summed E-state index contributed by atoms with van der Waals surface area (Å²) in [5.41, 5.74) is 4.25. The quantitative estimate of drug-likeness (QED) is 0.485. The Labute approximate surface area is 184 Å². The Morgan fingerprint density at radius 2 is 1.77 bits per heavy atom. The Morgan fingerprint density at radius 3 is 2.57 bits per heavy atom. The smallest absolute Gasteiger partial charge is 0.242 e. The SMILES string of the molecule is CC(=O)c1cccc(NC(=O)C(SC2=Nc3ccccc3CS2)c2ccccc2)c1. The van der Waals surface area contributed by atoms with Crippen molar-refractivity contribution >= 4 is 51.0 Å². The van der Waals surface area contributed by atoms with Gasteiger partial charge < -0.3 is 5.32 Å². The number of benzene rings is 3. The van der Waals surface area contributed by atoms with E-state index in [0.717, 1.165) is 21.4 Å². The molecular weight excluding hydrogens is 412 g/mol. The Kier molecular flexibility index (Phi) is 6.35. The normalized spacial score (nSPS) is 13.7. The number of rotatable bonds is 5. The fourth-order valence-electron chi connectivity index (χ4n) is 3.10. The minimum atomic E-state index is -0.455. The van der Waals surface area contributed by atoms with E-state index in [1.54, 1.807) is 36.0 Å². The van der Waals surface area contributed by atoms with Crippen LogP contribution in [0.25, 0.3) is 0 Å². The molecule has 0 aliphatic carbocycles. The van der Waals surface area contributed by atoms with E-state index in [2.05, 4.69) is 11.4 Å². The van der Waals surface area contributed by atoms with Crippen LogP contribution in [0.1, 0.15) is 33.7 Å². The second-order valence-corrected chi connectivity index (χ2v) is 9.15. The predicted octanol–water partition coefficient (Wildman–Crippen LogP) is 6.24. The molecule has 0 aromatic heterocycles. The number of carbonyl (C=O) groups is 2. The van der Waals surface area contributed by atoms with Crippen molar-refractivity contribution in [3.8, 4) is 0 Å². The number of thioether (sulfide) groups is 2. The zero-order valence-electron chi connectivity index (χ0n) is 16.4. The molecule has 3 aromatic rings. The van der Waals surface area contributed by atoms with Gasteiger partial charge in [0.05, 0.1) is 5.69 Å². The van der Waals surface area contributed by atoms with E-state index in [1.807, 2.05) is 48.5 Å². The van der Waals surface area contributed by atoms with Crippen LogP contribution in [-0.4, -0.2) is 16.1 Å². The van der Waals surface area contributed by atoms with Gasteiger partial charge in [-0.2, -0.15) is 0 Å². The molecule has 3 aromatic carbocycles. The lowest BCUT2D eigenvalue weighted by molar-refractivity contribution is -0.115. The van der Waals surface area contributed by atoms with Crippen molar-refractivity contribution in [2.45, 2.75) is 17.9 Å². The first-order chi connectivity index (χ1) is 14.6. The summed E-state index contributed by atoms with van der Waals surface area (Å²) in [6.45, 7) is 1.51. The zero-order valence-corrected chi connectivity index (χ0v) is 18.0. The lowest BCUT2D eigenvalue weighted by Crippen LogP contribution is -2.20. The van der Waals surface area contributed by atoms with Crippen LogP contribution in [-0.2, 0) is 10.5 Å². The Morgan fingerprint density at radius 1 is 1.00 bits per heavy atom. The number of carbonyl (C=O) groups excluding carboxylic acids is 2. The number of anilines is 1. The van der Waals surface area contributed by atoms with Gasteiger partial charge in [0.25, 0.3) is 0 Å². The molecule has 1 atom stereocenters. The Bertz CT molecular complexity index is 1110. The summed E-state index contributed by atoms with van der Waals surface area (Å²) in [5.74, 6) is 0.659. The van der Waals surface area contributed by atoms with Crippen molar-refractivity contribution in [3.63, 3.8) is 0 Å². The maximum absolute atomic E-state index is 13.2. The standard InChI is InChI=1S/C24H20N2O2S2/c1-16(27)18-11-7-12-20(14-18)25-23(28)22(17-8-3-2-4-9-17)30-24-26-21-13-6-5-10-19(21)15-29-24/h2-14,22H,15H2,1H3,(H,25,28). The van der Waals surface area contributed by atoms with Crippen molar-refractivity contribution in [1.82, 2.24) is 0 Å². The molecule has 1 heterocycles. The number of hydrogen-bond acceptors (Lipinski definition) is 5. The summed E-state index contributed by atoms with van der Waals surface area (Å²) in [5, 5.41) is 2.51. The molecule has 1 aliphatic heterocycles. The maximum Gasteiger partial charge on any atom is 0.242 e. The molecule has 1 unspecified atom stereocenters. The third kappa shape index (κ3) is 4.83. The van der Waals surface area contributed by atoms with Gasteiger partial charge in [0.1, 0.15) is 9.63 Å². The first-order valence-electron chi connectivity index (χ1n) is 9.53. The average Bonchev–Trinajstić information content (AvgIpc) is 2.78. The van der Waals surface area contributed by atoms with Gasteiger partial charge in [-0.1, -0.05) is 84.2 Å². The van der Waals surface area contributed by atoms with E-state index < -0.39 is 5.25 Å². The summed E-state index contributed by atoms with van der Waals surface area (Å²) >= 11 is 3.10. The molecule has 0 spiro atoms. The summed E-state index contributed by atoms with van der Waals surface area (Å²) in [7, 11) is 0. The molecule has 4 rings (SSSR count). The highest BCUT2D eigenvalue weighted by Crippen LogP contribution is 2.40. The van der Waals surface area contributed by atoms with Crippen LogP contribution in [0.5, 0.6) is 0 Å². The van der Waals surface area contributed by atoms with E-state index in [-0.39, 0.29) is 11.7 Å². The van der Waals surface area contributed by atoms with Crippen LogP contribution in [0.3, 0.4) is 0 Å². The van der Waals surface area contributed by atoms with Crippen LogP contribution in [0.15, 0.2) is 83.9 Å². The molecule has 6 heteroatoms. The number of amides is 1. The summed E-state index contributed by atoms with van der Waals surface area (Å²) in [6, 6.07) is 24.8. The molecule has 0 radical (unpaired) electrons. The van der Waals surface area contributed by atoms with Gasteiger partial charge in [0.2, 0.25) is 5.91 Å². The molecule has 0 fully saturated rings. The van der Waals surface area contributed by atoms with Gasteiger partial charge in [-0.05, 0) is 36.2 Å². The molecule has 4 nitrogen and oxygen atoms in total. The minimum Gasteiger partial charge on any atom is -0.325 e. The third-order valence-corrected chi connectivity index (χ3v) is 7.10. The molecule has 1 amide bonds. The van der Waals surface area contributed by atoms with Crippen molar-refractivity contribution in [1.29, 1.82) is 0 Å². The van der Waals surface area contributed by atoms with E-state index in [9.17, 15) is 9.59 Å². The summed E-state index contributed by atoms with van der Waals surface area (Å²) in [4.78, 5) is 29.7. The highest BCUT2D eigenvalue weighted by Gasteiger charge is 2.25. The van der Waals surface area contributed by atoms with Crippen LogP contribution >= 0.6 is 23.5 Å². The molecule has 30 heavy (non-hydrogen) atoms. The Hall–Kier alpha value is -2.83. The summed E-state index contributed by atoms with van der Waals surface area (Å²) in [6.07, 6.45) is 0. The van der Waals surface area contributed by atoms with Crippen molar-refractivity contribution in [2.75, 3.05) is 5.32 Å². The number of para-hydroxylation sites is 1. The fraction of sp³-hybridized carbons (Fsp3) is 0.125. The fourth-order valence-corrected chi connectivity index (χ4v) is 5.33. The van der Waals surface area contributed by atoms with Gasteiger partial charge in [-0.15, -0.1) is 0 Å². The lowest BCUT2D eigenvalue weighted by Gasteiger charge is -2.20. The first kappa shape index (κ1) is 20.4. The molecule has 1 aliphatic rings. The average molecular weight is 433 g/mol. The number of Topliss-reactive ketones (excluding diaryl/α,β-unsaturated/α-hetero) is 1. The second kappa shape index (κ2) is 9.32. The van der Waals surface area contributed by atoms with Gasteiger partial charge in [-0.3, -0.25) is 9.59 Å². The monoisotopic (exact) mass is 432 g/mol. The number of fused-ring (bicyclic) bond motifs is 1. The van der Waals surface area contributed by atoms with Crippen LogP contribution < -0.4 is 5.32 Å². The van der Waals surface area contributed by atoms with Crippen LogP contribution in [0, 0.1) is 0 Å². The van der Waals surface area contributed by atoms with Gasteiger partial charge >= 0.3 is 0 Å². The molecule has 150 valence electrons. The van der Waals surface area contributed by atoms with Gasteiger partial charge in [-0.25, -0.2) is 4.99 Å². The number of aliphatic imine (C=N–C) groups is 1. The van der Waals surface area contributed by atoms with E-state index in [0.29, 0.717) is 11.3 Å². The second-order valence-electron chi connectivity index (χ2n) is 6.83. The Balaban J connectivity index is 1.59. The molecular formula is C24H20N2O2S2. The highest BCUT2D eigenvalue weighted by molar-refractivity contribution is 8.38. The van der Waals surface area contributed by atoms with E-state index in [1.165, 1.54) is 24.2 Å². The summed E-state index contributed by atoms with van der Waals surface area (Å²) < 4.78 is 0.871. The molecule has 0 bridgehead atoms. The number of nitrogens with one attached hydrogen (secondary N) is 1. The van der Waals surface area contributed by atoms with E-state index in [4.69, 9.17) is 4.99 Å². The topological polar surface area (TPSA) is 58.5 Å². The van der Waals surface area contributed by atoms with Crippen LogP contribution in [0.4, 0.5) is 11.4 Å². The maximum atomic E-state index is 13.2. The third-order valence-electron chi connectivity index (χ3n) is 4.65. The highest BCUT2D eigenvalue weighted by atomic mass is 32.2. The first-order valence-corrected chi connectivity index (χ1v) is 11.4. The molecule has 1 N–H and O–H groups in total. The molecule has 0 saturated heterocycles. The number of hydrogen-bond donors (Lipinski definition) is 1. The van der Waals surface area contributed by atoms with Crippen LogP contribution in [0.2, 0.25) is 0 Å². The van der Waals surface area contributed by atoms with Gasteiger partial charge in [0.15, 0.2) is 5.78 Å².